The van der Waals surface area contributed by atoms with Crippen molar-refractivity contribution in [3.8, 4) is 0 Å². The molecule has 2 aromatic carbocycles. The van der Waals surface area contributed by atoms with Crippen LogP contribution in [0.2, 0.25) is 0 Å². The van der Waals surface area contributed by atoms with Gasteiger partial charge < -0.3 is 11.1 Å². The molecule has 0 saturated heterocycles. The largest absolute Gasteiger partial charge is 0.399 e. The van der Waals surface area contributed by atoms with E-state index in [9.17, 15) is 4.79 Å². The zero-order valence-corrected chi connectivity index (χ0v) is 12.9. The summed E-state index contributed by atoms with van der Waals surface area (Å²) >= 11 is 3.46. The summed E-state index contributed by atoms with van der Waals surface area (Å²) < 4.78 is 0.994. The van der Waals surface area contributed by atoms with Gasteiger partial charge >= 0.3 is 0 Å². The van der Waals surface area contributed by atoms with E-state index in [0.717, 1.165) is 27.0 Å². The van der Waals surface area contributed by atoms with Gasteiger partial charge in [-0.1, -0.05) is 34.1 Å². The molecule has 20 heavy (non-hydrogen) atoms. The lowest BCUT2D eigenvalue weighted by Gasteiger charge is -2.09. The zero-order chi connectivity index (χ0) is 14.5. The number of amides is 1. The van der Waals surface area contributed by atoms with Gasteiger partial charge in [0.05, 0.1) is 0 Å². The van der Waals surface area contributed by atoms with Crippen molar-refractivity contribution in [2.45, 2.75) is 19.8 Å². The first-order chi connectivity index (χ1) is 9.56. The van der Waals surface area contributed by atoms with Crippen LogP contribution in [0.5, 0.6) is 0 Å². The molecule has 0 heterocycles. The van der Waals surface area contributed by atoms with Crippen LogP contribution in [0.25, 0.3) is 0 Å². The van der Waals surface area contributed by atoms with Crippen LogP contribution in [-0.2, 0) is 11.2 Å². The molecule has 0 radical (unpaired) electrons. The molecule has 2 aromatic rings. The second-order valence-corrected chi connectivity index (χ2v) is 5.56. The minimum absolute atomic E-state index is 0.0167. The van der Waals surface area contributed by atoms with E-state index in [0.29, 0.717) is 12.8 Å². The number of aryl methyl sites for hydroxylation is 1. The van der Waals surface area contributed by atoms with E-state index >= 15 is 0 Å². The number of nitrogens with one attached hydrogen (secondary N) is 1. The van der Waals surface area contributed by atoms with Crippen LogP contribution in [0.4, 0.5) is 11.4 Å². The highest BCUT2D eigenvalue weighted by molar-refractivity contribution is 9.10. The van der Waals surface area contributed by atoms with Crippen molar-refractivity contribution < 1.29 is 4.79 Å². The highest BCUT2D eigenvalue weighted by atomic mass is 79.9. The van der Waals surface area contributed by atoms with Gasteiger partial charge in [-0.25, -0.2) is 0 Å². The van der Waals surface area contributed by atoms with Crippen LogP contribution in [0.1, 0.15) is 17.5 Å². The highest BCUT2D eigenvalue weighted by Gasteiger charge is 2.06. The van der Waals surface area contributed by atoms with Crippen LogP contribution in [0.3, 0.4) is 0 Å². The number of hydrogen-bond acceptors (Lipinski definition) is 2. The molecule has 0 atom stereocenters. The van der Waals surface area contributed by atoms with Crippen LogP contribution >= 0.6 is 15.9 Å². The van der Waals surface area contributed by atoms with Crippen molar-refractivity contribution in [3.05, 3.63) is 58.1 Å². The van der Waals surface area contributed by atoms with Gasteiger partial charge in [0.15, 0.2) is 0 Å². The third-order valence-corrected chi connectivity index (χ3v) is 4.02. The number of halogens is 1. The van der Waals surface area contributed by atoms with Gasteiger partial charge in [-0.3, -0.25) is 4.79 Å². The first kappa shape index (κ1) is 14.6. The molecule has 0 aliphatic carbocycles. The van der Waals surface area contributed by atoms with Crippen molar-refractivity contribution in [1.29, 1.82) is 0 Å². The van der Waals surface area contributed by atoms with Crippen molar-refractivity contribution in [2.24, 2.45) is 0 Å². The third-order valence-electron chi connectivity index (χ3n) is 3.16. The summed E-state index contributed by atoms with van der Waals surface area (Å²) in [5, 5.41) is 2.94. The topological polar surface area (TPSA) is 55.1 Å². The number of nitrogen functional groups attached to an aromatic ring is 1. The monoisotopic (exact) mass is 332 g/mol. The molecule has 2 rings (SSSR count). The van der Waals surface area contributed by atoms with Crippen molar-refractivity contribution >= 4 is 33.2 Å². The molecule has 0 aliphatic rings. The average molecular weight is 333 g/mol. The Morgan fingerprint density at radius 2 is 1.90 bits per heavy atom. The number of nitrogens with two attached hydrogens (primary N) is 1. The summed E-state index contributed by atoms with van der Waals surface area (Å²) in [6.07, 6.45) is 1.16. The van der Waals surface area contributed by atoms with Gasteiger partial charge in [0.25, 0.3) is 0 Å². The Kier molecular flexibility index (Phi) is 4.79. The number of carbonyl (C=O) groups is 1. The van der Waals surface area contributed by atoms with E-state index in [4.69, 9.17) is 5.73 Å². The third kappa shape index (κ3) is 3.84. The summed E-state index contributed by atoms with van der Waals surface area (Å²) in [4.78, 5) is 12.0. The lowest BCUT2D eigenvalue weighted by atomic mass is 10.1. The van der Waals surface area contributed by atoms with E-state index in [1.165, 1.54) is 0 Å². The quantitative estimate of drug-likeness (QED) is 0.834. The molecule has 104 valence electrons. The zero-order valence-electron chi connectivity index (χ0n) is 11.3. The van der Waals surface area contributed by atoms with Crippen LogP contribution in [0, 0.1) is 6.92 Å². The fraction of sp³-hybridized carbons (Fsp3) is 0.188. The van der Waals surface area contributed by atoms with E-state index in [2.05, 4.69) is 21.2 Å². The second-order valence-electron chi connectivity index (χ2n) is 4.70. The molecule has 3 nitrogen and oxygen atoms in total. The minimum atomic E-state index is 0.0167. The van der Waals surface area contributed by atoms with Gasteiger partial charge in [0.1, 0.15) is 0 Å². The highest BCUT2D eigenvalue weighted by Crippen LogP contribution is 2.23. The lowest BCUT2D eigenvalue weighted by molar-refractivity contribution is -0.116. The normalized spacial score (nSPS) is 10.3. The summed E-state index contributed by atoms with van der Waals surface area (Å²) in [6.45, 7) is 1.97. The predicted molar refractivity (Wildman–Crippen MR) is 86.7 cm³/mol. The second kappa shape index (κ2) is 6.57. The Morgan fingerprint density at radius 1 is 1.20 bits per heavy atom. The molecule has 0 aromatic heterocycles. The first-order valence-electron chi connectivity index (χ1n) is 6.45. The van der Waals surface area contributed by atoms with E-state index in [1.807, 2.05) is 49.4 Å². The number of anilines is 2. The summed E-state index contributed by atoms with van der Waals surface area (Å²) in [6, 6.07) is 13.4. The first-order valence-corrected chi connectivity index (χ1v) is 7.25. The standard InChI is InChI=1S/C16H17BrN2O/c1-11-14(17)3-2-4-15(11)19-16(20)10-7-12-5-8-13(18)9-6-12/h2-6,8-9H,7,10,18H2,1H3,(H,19,20). The molecule has 1 amide bonds. The molecule has 3 N–H and O–H groups in total. The Balaban J connectivity index is 1.92. The van der Waals surface area contributed by atoms with Crippen LogP contribution < -0.4 is 11.1 Å². The Morgan fingerprint density at radius 3 is 2.60 bits per heavy atom. The Hall–Kier alpha value is -1.81. The van der Waals surface area contributed by atoms with Gasteiger partial charge in [-0.15, -0.1) is 0 Å². The molecule has 0 fully saturated rings. The van der Waals surface area contributed by atoms with E-state index < -0.39 is 0 Å². The van der Waals surface area contributed by atoms with Crippen LogP contribution in [0.15, 0.2) is 46.9 Å². The number of hydrogen-bond donors (Lipinski definition) is 2. The molecule has 4 heteroatoms. The molecular formula is C16H17BrN2O. The summed E-state index contributed by atoms with van der Waals surface area (Å²) in [7, 11) is 0. The SMILES string of the molecule is Cc1c(Br)cccc1NC(=O)CCc1ccc(N)cc1. The number of rotatable bonds is 4. The minimum Gasteiger partial charge on any atom is -0.399 e. The fourth-order valence-electron chi connectivity index (χ4n) is 1.90. The maximum absolute atomic E-state index is 12.0. The van der Waals surface area contributed by atoms with Gasteiger partial charge in [-0.05, 0) is 48.7 Å². The van der Waals surface area contributed by atoms with Crippen molar-refractivity contribution in [3.63, 3.8) is 0 Å². The predicted octanol–water partition coefficient (Wildman–Crippen LogP) is 3.91. The molecular weight excluding hydrogens is 316 g/mol. The fourth-order valence-corrected chi connectivity index (χ4v) is 2.26. The van der Waals surface area contributed by atoms with E-state index in [1.54, 1.807) is 0 Å². The van der Waals surface area contributed by atoms with Crippen molar-refractivity contribution in [1.82, 2.24) is 0 Å². The molecule has 0 unspecified atom stereocenters. The maximum atomic E-state index is 12.0. The smallest absolute Gasteiger partial charge is 0.224 e. The van der Waals surface area contributed by atoms with Gasteiger partial charge in [0.2, 0.25) is 5.91 Å². The molecule has 0 saturated carbocycles. The summed E-state index contributed by atoms with van der Waals surface area (Å²) in [5.41, 5.74) is 9.37. The van der Waals surface area contributed by atoms with Crippen LogP contribution in [-0.4, -0.2) is 5.91 Å². The van der Waals surface area contributed by atoms with Gasteiger partial charge in [0, 0.05) is 22.3 Å². The number of carbonyl (C=O) groups excluding carboxylic acids is 1. The molecule has 0 spiro atoms. The number of benzene rings is 2. The van der Waals surface area contributed by atoms with Gasteiger partial charge in [-0.2, -0.15) is 0 Å². The Labute approximate surface area is 127 Å². The summed E-state index contributed by atoms with van der Waals surface area (Å²) in [5.74, 6) is 0.0167. The lowest BCUT2D eigenvalue weighted by Crippen LogP contribution is -2.13. The average Bonchev–Trinajstić information content (AvgIpc) is 2.43. The maximum Gasteiger partial charge on any atom is 0.224 e. The molecule has 0 aliphatic heterocycles. The van der Waals surface area contributed by atoms with E-state index in [-0.39, 0.29) is 5.91 Å². The molecule has 0 bridgehead atoms. The van der Waals surface area contributed by atoms with Crippen molar-refractivity contribution in [2.75, 3.05) is 11.1 Å². The Bertz CT molecular complexity index is 608.